The van der Waals surface area contributed by atoms with Crippen LogP contribution in [0.15, 0.2) is 45.0 Å². The number of benzene rings is 2. The first-order valence-electron chi connectivity index (χ1n) is 18.7. The highest BCUT2D eigenvalue weighted by molar-refractivity contribution is 6.32. The van der Waals surface area contributed by atoms with Crippen LogP contribution < -0.4 is 16.1 Å². The number of pyridine rings is 2. The molecule has 4 N–H and O–H groups in total. The van der Waals surface area contributed by atoms with Crippen LogP contribution in [0.3, 0.4) is 0 Å². The number of carbonyl (C=O) groups is 2. The summed E-state index contributed by atoms with van der Waals surface area (Å²) in [5.41, 5.74) is -0.00276. The standard InChI is InChI=1S/C40H42N4O8/c1-4-6-7-11-19(5-2)41-33(45)20-13-15-22-28-23(16-14-21(27(20)28)34(41)46)36(48)43(35(22)47)44-39(51)31-24-17-25(32(31)40(44)52)30-29(24)37(49)42(38(30)50)26-12-9-8-10-18(26)3/h13-16,18-19,24-26,45,48-50H,4-12,17H2,1-3H3. The van der Waals surface area contributed by atoms with Gasteiger partial charge in [-0.2, -0.15) is 9.69 Å². The number of rotatable bonds is 8. The molecule has 1 aliphatic heterocycles. The minimum atomic E-state index is -0.842. The van der Waals surface area contributed by atoms with Crippen LogP contribution in [-0.4, -0.2) is 46.1 Å². The van der Waals surface area contributed by atoms with Crippen molar-refractivity contribution < 1.29 is 30.0 Å². The largest absolute Gasteiger partial charge is 0.494 e. The highest BCUT2D eigenvalue weighted by Gasteiger charge is 2.59. The lowest BCUT2D eigenvalue weighted by atomic mass is 9.85. The van der Waals surface area contributed by atoms with Crippen LogP contribution in [0.4, 0.5) is 0 Å². The molecule has 4 aliphatic rings. The molecule has 12 nitrogen and oxygen atoms in total. The molecule has 4 heterocycles. The third kappa shape index (κ3) is 3.98. The number of unbranched alkanes of at least 4 members (excludes halogenated alkanes) is 2. The van der Waals surface area contributed by atoms with Crippen molar-refractivity contribution in [2.24, 2.45) is 5.92 Å². The molecule has 1 fully saturated rings. The van der Waals surface area contributed by atoms with E-state index >= 15 is 0 Å². The molecule has 12 heteroatoms. The Morgan fingerprint density at radius 1 is 0.712 bits per heavy atom. The molecule has 0 radical (unpaired) electrons. The third-order valence-corrected chi connectivity index (χ3v) is 12.7. The van der Waals surface area contributed by atoms with Crippen LogP contribution in [0.25, 0.3) is 32.3 Å². The molecule has 3 aromatic heterocycles. The van der Waals surface area contributed by atoms with Gasteiger partial charge >= 0.3 is 0 Å². The first-order valence-corrected chi connectivity index (χ1v) is 18.7. The van der Waals surface area contributed by atoms with Crippen molar-refractivity contribution in [1.82, 2.24) is 13.8 Å². The minimum Gasteiger partial charge on any atom is -0.494 e. The average molecular weight is 707 g/mol. The smallest absolute Gasteiger partial charge is 0.280 e. The summed E-state index contributed by atoms with van der Waals surface area (Å²) in [6.45, 7) is 6.18. The van der Waals surface area contributed by atoms with Gasteiger partial charge in [0.2, 0.25) is 11.8 Å². The minimum absolute atomic E-state index is 0.0582. The van der Waals surface area contributed by atoms with Gasteiger partial charge in [0.15, 0.2) is 11.8 Å². The monoisotopic (exact) mass is 706 g/mol. The van der Waals surface area contributed by atoms with Crippen LogP contribution in [0, 0.1) is 5.92 Å². The average Bonchev–Trinajstić information content (AvgIpc) is 3.85. The van der Waals surface area contributed by atoms with Gasteiger partial charge in [-0.1, -0.05) is 52.9 Å². The van der Waals surface area contributed by atoms with Crippen LogP contribution in [-0.2, 0) is 9.59 Å². The lowest BCUT2D eigenvalue weighted by molar-refractivity contribution is -0.123. The lowest BCUT2D eigenvalue weighted by Gasteiger charge is -2.31. The van der Waals surface area contributed by atoms with E-state index in [0.29, 0.717) is 44.4 Å². The second-order valence-electron chi connectivity index (χ2n) is 15.3. The van der Waals surface area contributed by atoms with Gasteiger partial charge in [0.05, 0.1) is 5.39 Å². The quantitative estimate of drug-likeness (QED) is 0.0817. The van der Waals surface area contributed by atoms with Gasteiger partial charge in [-0.15, -0.1) is 0 Å². The highest BCUT2D eigenvalue weighted by atomic mass is 16.3. The molecule has 2 aromatic carbocycles. The summed E-state index contributed by atoms with van der Waals surface area (Å²) in [5.74, 6) is -3.63. The molecule has 1 saturated carbocycles. The van der Waals surface area contributed by atoms with Crippen molar-refractivity contribution >= 4 is 44.1 Å². The number of imide groups is 1. The molecular formula is C40H42N4O8. The molecule has 2 amide bonds. The number of hydrogen-bond donors (Lipinski definition) is 4. The van der Waals surface area contributed by atoms with E-state index in [1.807, 2.05) is 6.92 Å². The normalized spacial score (nSPS) is 23.2. The zero-order valence-electron chi connectivity index (χ0n) is 29.5. The van der Waals surface area contributed by atoms with E-state index in [1.54, 1.807) is 16.7 Å². The van der Waals surface area contributed by atoms with E-state index in [0.717, 1.165) is 51.4 Å². The second kappa shape index (κ2) is 11.4. The summed E-state index contributed by atoms with van der Waals surface area (Å²) in [6.07, 6.45) is 8.47. The second-order valence-corrected chi connectivity index (χ2v) is 15.3. The van der Waals surface area contributed by atoms with E-state index in [9.17, 15) is 39.6 Å². The summed E-state index contributed by atoms with van der Waals surface area (Å²) in [4.78, 5) is 56.8. The Morgan fingerprint density at radius 2 is 1.27 bits per heavy atom. The first kappa shape index (κ1) is 32.6. The topological polar surface area (TPSA) is 167 Å². The maximum Gasteiger partial charge on any atom is 0.280 e. The fourth-order valence-corrected chi connectivity index (χ4v) is 10.3. The summed E-state index contributed by atoms with van der Waals surface area (Å²) in [7, 11) is 0. The lowest BCUT2D eigenvalue weighted by Crippen LogP contribution is -2.48. The Morgan fingerprint density at radius 3 is 1.85 bits per heavy atom. The summed E-state index contributed by atoms with van der Waals surface area (Å²) in [6, 6.07) is 5.78. The molecule has 3 aliphatic carbocycles. The molecule has 270 valence electrons. The number of hydrogen-bond acceptors (Lipinski definition) is 8. The van der Waals surface area contributed by atoms with Gasteiger partial charge in [-0.05, 0) is 62.3 Å². The fraction of sp³-hybridized carbons (Fsp3) is 0.450. The molecule has 5 unspecified atom stereocenters. The number of aromatic hydroxyl groups is 4. The van der Waals surface area contributed by atoms with Crippen molar-refractivity contribution in [3.05, 3.63) is 67.2 Å². The summed E-state index contributed by atoms with van der Waals surface area (Å²) in [5, 5.41) is 48.4. The third-order valence-electron chi connectivity index (χ3n) is 12.7. The number of carbonyl (C=O) groups excluding carboxylic acids is 2. The van der Waals surface area contributed by atoms with Gasteiger partial charge in [-0.25, -0.2) is 0 Å². The van der Waals surface area contributed by atoms with Crippen molar-refractivity contribution in [2.45, 2.75) is 109 Å². The molecule has 5 aromatic rings. The fourth-order valence-electron chi connectivity index (χ4n) is 10.3. The number of aromatic nitrogens is 3. The molecule has 52 heavy (non-hydrogen) atoms. The molecular weight excluding hydrogens is 664 g/mol. The van der Waals surface area contributed by atoms with E-state index < -0.39 is 40.6 Å². The van der Waals surface area contributed by atoms with Gasteiger partial charge in [0, 0.05) is 73.1 Å². The predicted octanol–water partition coefficient (Wildman–Crippen LogP) is 6.40. The van der Waals surface area contributed by atoms with E-state index in [1.165, 1.54) is 16.7 Å². The summed E-state index contributed by atoms with van der Waals surface area (Å²) < 4.78 is 3.71. The van der Waals surface area contributed by atoms with Gasteiger partial charge in [-0.3, -0.25) is 28.3 Å². The van der Waals surface area contributed by atoms with Crippen molar-refractivity contribution in [3.8, 4) is 23.5 Å². The maximum absolute atomic E-state index is 14.3. The van der Waals surface area contributed by atoms with Crippen molar-refractivity contribution in [3.63, 3.8) is 0 Å². The molecule has 2 bridgehead atoms. The van der Waals surface area contributed by atoms with Crippen LogP contribution >= 0.6 is 0 Å². The van der Waals surface area contributed by atoms with Gasteiger partial charge in [0.1, 0.15) is 0 Å². The Balaban J connectivity index is 1.15. The zero-order chi connectivity index (χ0) is 36.5. The Kier molecular flexibility index (Phi) is 7.13. The maximum atomic E-state index is 14.3. The van der Waals surface area contributed by atoms with Crippen LogP contribution in [0.1, 0.15) is 120 Å². The van der Waals surface area contributed by atoms with Crippen molar-refractivity contribution in [2.75, 3.05) is 5.01 Å². The molecule has 5 atom stereocenters. The Labute approximate surface area is 298 Å². The van der Waals surface area contributed by atoms with E-state index in [2.05, 4.69) is 13.8 Å². The highest BCUT2D eigenvalue weighted by Crippen LogP contribution is 2.65. The van der Waals surface area contributed by atoms with Gasteiger partial charge < -0.3 is 20.4 Å². The van der Waals surface area contributed by atoms with Crippen LogP contribution in [0.2, 0.25) is 0 Å². The van der Waals surface area contributed by atoms with E-state index in [4.69, 9.17) is 0 Å². The molecule has 0 spiro atoms. The molecule has 0 saturated heterocycles. The Hall–Kier alpha value is -5.26. The SMILES string of the molecule is CCCCCC(CC)n1c(O)c2ccc3c(=O)n(N4C(=O)C5=C(C4=O)C4CC5c5c4c(O)n(C4CCCCC4C)c5O)c(O)c4ccc(c1=O)c2c43. The van der Waals surface area contributed by atoms with Crippen molar-refractivity contribution in [1.29, 1.82) is 0 Å². The zero-order valence-corrected chi connectivity index (χ0v) is 29.5. The molecule has 9 rings (SSSR count). The number of fused-ring (bicyclic) bond motifs is 7. The van der Waals surface area contributed by atoms with Gasteiger partial charge in [0.25, 0.3) is 22.9 Å². The predicted molar refractivity (Wildman–Crippen MR) is 195 cm³/mol. The van der Waals surface area contributed by atoms with Crippen LogP contribution in [0.5, 0.6) is 23.5 Å². The van der Waals surface area contributed by atoms with E-state index in [-0.39, 0.29) is 68.3 Å². The first-order chi connectivity index (χ1) is 25.0. The Bertz CT molecular complexity index is 2480. The number of nitrogens with zero attached hydrogens (tertiary/aromatic N) is 4. The number of amides is 2. The summed E-state index contributed by atoms with van der Waals surface area (Å²) >= 11 is 0.